The first kappa shape index (κ1) is 22.1. The lowest BCUT2D eigenvalue weighted by molar-refractivity contribution is -0.352. The Labute approximate surface area is 190 Å². The molecule has 33 heavy (non-hydrogen) atoms. The predicted octanol–water partition coefficient (Wildman–Crippen LogP) is 5.56. The lowest BCUT2D eigenvalue weighted by Crippen LogP contribution is -2.34. The van der Waals surface area contributed by atoms with Crippen molar-refractivity contribution in [2.24, 2.45) is 5.92 Å². The number of carbonyl (C=O) groups excluding carboxylic acids is 1. The molecule has 0 atom stereocenters. The van der Waals surface area contributed by atoms with Crippen molar-refractivity contribution in [3.05, 3.63) is 35.0 Å². The van der Waals surface area contributed by atoms with E-state index in [-0.39, 0.29) is 42.5 Å². The third-order valence-electron chi connectivity index (χ3n) is 6.23. The molecule has 1 aromatic carbocycles. The van der Waals surface area contributed by atoms with Gasteiger partial charge < -0.3 is 8.83 Å². The van der Waals surface area contributed by atoms with Crippen LogP contribution in [0.4, 0.5) is 19.2 Å². The Bertz CT molecular complexity index is 1150. The Morgan fingerprint density at radius 2 is 1.76 bits per heavy atom. The van der Waals surface area contributed by atoms with Crippen molar-refractivity contribution in [1.82, 2.24) is 15.2 Å². The molecule has 5 rings (SSSR count). The van der Waals surface area contributed by atoms with Crippen molar-refractivity contribution in [3.8, 4) is 0 Å². The van der Waals surface area contributed by atoms with E-state index in [2.05, 4.69) is 25.2 Å². The normalized spacial score (nSPS) is 25.7. The Morgan fingerprint density at radius 1 is 1.06 bits per heavy atom. The fourth-order valence-electron chi connectivity index (χ4n) is 4.39. The summed E-state index contributed by atoms with van der Waals surface area (Å²) < 4.78 is 52.1. The molecule has 3 aromatic rings. The second-order valence-electron chi connectivity index (χ2n) is 8.50. The van der Waals surface area contributed by atoms with Crippen LogP contribution in [0.1, 0.15) is 62.1 Å². The Balaban J connectivity index is 1.12. The van der Waals surface area contributed by atoms with E-state index in [1.165, 1.54) is 0 Å². The van der Waals surface area contributed by atoms with Gasteiger partial charge in [0.05, 0.1) is 6.10 Å². The molecule has 2 aromatic heterocycles. The molecule has 1 amide bonds. The second kappa shape index (κ2) is 8.60. The summed E-state index contributed by atoms with van der Waals surface area (Å²) in [5, 5.41) is 11.4. The minimum Gasteiger partial charge on any atom is -0.425 e. The molecule has 0 saturated heterocycles. The maximum Gasteiger partial charge on any atom is 0.522 e. The Kier molecular flexibility index (Phi) is 5.77. The van der Waals surface area contributed by atoms with Gasteiger partial charge in [0, 0.05) is 22.8 Å². The van der Waals surface area contributed by atoms with E-state index < -0.39 is 12.5 Å². The van der Waals surface area contributed by atoms with Crippen LogP contribution in [0.5, 0.6) is 0 Å². The van der Waals surface area contributed by atoms with Crippen LogP contribution in [0.25, 0.3) is 11.1 Å². The van der Waals surface area contributed by atoms with Crippen molar-refractivity contribution < 1.29 is 31.5 Å². The lowest BCUT2D eigenvalue weighted by atomic mass is 9.81. The topological polar surface area (TPSA) is 103 Å². The van der Waals surface area contributed by atoms with Crippen molar-refractivity contribution in [3.63, 3.8) is 0 Å². The summed E-state index contributed by atoms with van der Waals surface area (Å²) in [6.45, 7) is 0. The van der Waals surface area contributed by atoms with Gasteiger partial charge >= 0.3 is 12.4 Å². The zero-order valence-electron chi connectivity index (χ0n) is 17.3. The number of ether oxygens (including phenoxy) is 1. The molecule has 0 unspecified atom stereocenters. The number of alkyl halides is 3. The Hall–Kier alpha value is -2.66. The number of halogens is 4. The predicted molar refractivity (Wildman–Crippen MR) is 110 cm³/mol. The highest BCUT2D eigenvalue weighted by molar-refractivity contribution is 6.31. The number of nitrogens with zero attached hydrogens (tertiary/aromatic N) is 3. The van der Waals surface area contributed by atoms with Gasteiger partial charge in [-0.3, -0.25) is 14.8 Å². The average molecular weight is 485 g/mol. The molecule has 1 N–H and O–H groups in total. The minimum absolute atomic E-state index is 0.0177. The van der Waals surface area contributed by atoms with Gasteiger partial charge in [-0.15, -0.1) is 23.4 Å². The van der Waals surface area contributed by atoms with Crippen LogP contribution in [0.2, 0.25) is 5.02 Å². The number of rotatable bonds is 5. The number of oxazole rings is 1. The highest BCUT2D eigenvalue weighted by Gasteiger charge is 2.42. The number of benzene rings is 1. The molecule has 2 fully saturated rings. The van der Waals surface area contributed by atoms with Crippen molar-refractivity contribution >= 4 is 34.6 Å². The van der Waals surface area contributed by atoms with E-state index in [1.807, 2.05) is 0 Å². The van der Waals surface area contributed by atoms with Gasteiger partial charge in [-0.25, -0.2) is 0 Å². The number of amides is 1. The largest absolute Gasteiger partial charge is 0.522 e. The third-order valence-corrected chi connectivity index (χ3v) is 6.46. The number of aromatic nitrogens is 3. The summed E-state index contributed by atoms with van der Waals surface area (Å²) in [6, 6.07) is 5.17. The molecule has 2 aliphatic rings. The molecule has 0 radical (unpaired) electrons. The van der Waals surface area contributed by atoms with Gasteiger partial charge in [0.1, 0.15) is 5.52 Å². The molecule has 0 bridgehead atoms. The van der Waals surface area contributed by atoms with Crippen molar-refractivity contribution in [2.45, 2.75) is 62.8 Å². The summed E-state index contributed by atoms with van der Waals surface area (Å²) in [5.41, 5.74) is 1.10. The smallest absolute Gasteiger partial charge is 0.425 e. The average Bonchev–Trinajstić information content (AvgIpc) is 3.36. The van der Waals surface area contributed by atoms with Crippen LogP contribution >= 0.6 is 11.6 Å². The van der Waals surface area contributed by atoms with Gasteiger partial charge in [-0.2, -0.15) is 4.98 Å². The van der Waals surface area contributed by atoms with Gasteiger partial charge in [0.15, 0.2) is 5.58 Å². The Morgan fingerprint density at radius 3 is 2.45 bits per heavy atom. The number of anilines is 1. The highest BCUT2D eigenvalue weighted by Crippen LogP contribution is 2.42. The molecule has 0 spiro atoms. The van der Waals surface area contributed by atoms with Crippen molar-refractivity contribution in [1.29, 1.82) is 0 Å². The maximum atomic E-state index is 12.6. The molecule has 176 valence electrons. The molecule has 12 heteroatoms. The van der Waals surface area contributed by atoms with Crippen molar-refractivity contribution in [2.75, 3.05) is 5.32 Å². The lowest BCUT2D eigenvalue weighted by Gasteiger charge is -2.32. The standard InChI is InChI=1S/C21H20ClF3N4O4/c22-13-5-6-16-15(9-13)26-20(31-16)27-17(30)10-1-3-11(4-2-10)18-28-29-19(32-18)12-7-14(8-12)33-21(23,24)25/h5-6,9-12,14H,1-4,7-8H2,(H,26,27,30)/t10-,11-,12?,14?. The zero-order chi connectivity index (χ0) is 23.2. The van der Waals surface area contributed by atoms with Gasteiger partial charge in [0.2, 0.25) is 17.7 Å². The van der Waals surface area contributed by atoms with Crippen LogP contribution in [-0.4, -0.2) is 33.6 Å². The third kappa shape index (κ3) is 4.98. The molecular weight excluding hydrogens is 465 g/mol. The van der Waals surface area contributed by atoms with E-state index in [0.717, 1.165) is 0 Å². The summed E-state index contributed by atoms with van der Waals surface area (Å²) in [6.07, 6.45) is -2.45. The van der Waals surface area contributed by atoms with Crippen LogP contribution < -0.4 is 5.32 Å². The first-order valence-corrected chi connectivity index (χ1v) is 11.1. The zero-order valence-corrected chi connectivity index (χ0v) is 18.0. The van der Waals surface area contributed by atoms with Crippen LogP contribution in [0, 0.1) is 5.92 Å². The maximum absolute atomic E-state index is 12.6. The first-order valence-electron chi connectivity index (χ1n) is 10.7. The summed E-state index contributed by atoms with van der Waals surface area (Å²) >= 11 is 5.95. The molecule has 2 aliphatic carbocycles. The van der Waals surface area contributed by atoms with E-state index in [9.17, 15) is 18.0 Å². The van der Waals surface area contributed by atoms with Gasteiger partial charge in [0.25, 0.3) is 0 Å². The van der Waals surface area contributed by atoms with Gasteiger partial charge in [-0.05, 0) is 56.7 Å². The van der Waals surface area contributed by atoms with Crippen LogP contribution in [0.15, 0.2) is 27.0 Å². The molecule has 0 aliphatic heterocycles. The van der Waals surface area contributed by atoms with Crippen LogP contribution in [0.3, 0.4) is 0 Å². The highest BCUT2D eigenvalue weighted by atomic mass is 35.5. The summed E-state index contributed by atoms with van der Waals surface area (Å²) in [7, 11) is 0. The summed E-state index contributed by atoms with van der Waals surface area (Å²) in [4.78, 5) is 16.9. The minimum atomic E-state index is -4.63. The fraction of sp³-hybridized carbons (Fsp3) is 0.524. The number of carbonyl (C=O) groups is 1. The number of nitrogens with one attached hydrogen (secondary N) is 1. The van der Waals surface area contributed by atoms with E-state index in [0.29, 0.717) is 53.6 Å². The molecule has 2 saturated carbocycles. The van der Waals surface area contributed by atoms with Gasteiger partial charge in [-0.1, -0.05) is 11.6 Å². The SMILES string of the molecule is O=C(Nc1nc2cc(Cl)ccc2o1)[C@H]1CC[C@H](c2nnc(C3CC(OC(F)(F)F)C3)o2)CC1. The first-order chi connectivity index (χ1) is 15.7. The monoisotopic (exact) mass is 484 g/mol. The fourth-order valence-corrected chi connectivity index (χ4v) is 4.56. The molecular formula is C21H20ClF3N4O4. The number of hydrogen-bond donors (Lipinski definition) is 1. The number of hydrogen-bond acceptors (Lipinski definition) is 7. The quantitative estimate of drug-likeness (QED) is 0.505. The second-order valence-corrected chi connectivity index (χ2v) is 8.94. The molecule has 2 heterocycles. The summed E-state index contributed by atoms with van der Waals surface area (Å²) in [5.74, 6) is 0.260. The number of fused-ring (bicyclic) bond motifs is 1. The molecule has 8 nitrogen and oxygen atoms in total. The van der Waals surface area contributed by atoms with E-state index >= 15 is 0 Å². The van der Waals surface area contributed by atoms with Crippen LogP contribution in [-0.2, 0) is 9.53 Å². The van der Waals surface area contributed by atoms with E-state index in [4.69, 9.17) is 20.4 Å². The van der Waals surface area contributed by atoms with E-state index in [1.54, 1.807) is 18.2 Å².